The maximum atomic E-state index is 4.58. The van der Waals surface area contributed by atoms with Gasteiger partial charge in [0.05, 0.1) is 12.6 Å². The minimum atomic E-state index is 0.211. The average molecular weight is 336 g/mol. The van der Waals surface area contributed by atoms with E-state index >= 15 is 0 Å². The number of hydrogen-bond acceptors (Lipinski definition) is 2. The fourth-order valence-electron chi connectivity index (χ4n) is 4.94. The first kappa shape index (κ1) is 14.1. The van der Waals surface area contributed by atoms with Crippen molar-refractivity contribution in [2.24, 2.45) is 14.1 Å². The Morgan fingerprint density at radius 2 is 1.77 bits per heavy atom. The number of hydrogen-bond donors (Lipinski definition) is 0. The van der Waals surface area contributed by atoms with E-state index in [1.165, 1.54) is 49.7 Å². The number of nitrogens with zero attached hydrogens (tertiary/aromatic N) is 4. The lowest BCUT2D eigenvalue weighted by molar-refractivity contribution is -0.660. The molecule has 6 rings (SSSR count). The molecule has 4 aromatic rings. The van der Waals surface area contributed by atoms with Gasteiger partial charge in [0, 0.05) is 35.8 Å². The van der Waals surface area contributed by atoms with E-state index in [9.17, 15) is 0 Å². The number of fused-ring (bicyclic) bond motifs is 4. The van der Waals surface area contributed by atoms with Gasteiger partial charge in [0.15, 0.2) is 11.8 Å². The Bertz CT molecular complexity index is 1250. The molecule has 0 radical (unpaired) electrons. The third kappa shape index (κ3) is 1.61. The molecule has 0 saturated carbocycles. The predicted molar refractivity (Wildman–Crippen MR) is 101 cm³/mol. The van der Waals surface area contributed by atoms with Gasteiger partial charge in [-0.2, -0.15) is 0 Å². The zero-order chi connectivity index (χ0) is 17.4. The van der Waals surface area contributed by atoms with Gasteiger partial charge in [-0.15, -0.1) is 0 Å². The van der Waals surface area contributed by atoms with Crippen molar-refractivity contribution in [3.8, 4) is 11.1 Å². The van der Waals surface area contributed by atoms with Gasteiger partial charge in [-0.3, -0.25) is 4.98 Å². The first-order chi connectivity index (χ1) is 12.7. The number of rotatable bonds is 0. The van der Waals surface area contributed by atoms with Crippen molar-refractivity contribution in [1.82, 2.24) is 9.97 Å². The van der Waals surface area contributed by atoms with Gasteiger partial charge in [-0.05, 0) is 27.5 Å². The molecule has 2 aliphatic rings. The Hall–Kier alpha value is -3.08. The topological polar surface area (TPSA) is 33.5 Å². The normalized spacial score (nSPS) is 13.5. The molecule has 0 bridgehead atoms. The molecule has 1 aromatic carbocycles. The van der Waals surface area contributed by atoms with Crippen LogP contribution in [0.15, 0.2) is 55.4 Å². The lowest BCUT2D eigenvalue weighted by Gasteiger charge is -2.29. The molecular weight excluding hydrogens is 319 g/mol. The van der Waals surface area contributed by atoms with Crippen LogP contribution in [0.2, 0.25) is 0 Å². The second-order valence-electron chi connectivity index (χ2n) is 7.37. The molecular formula is C21H17BN4+2. The molecule has 0 N–H and O–H groups in total. The van der Waals surface area contributed by atoms with Gasteiger partial charge in [0.25, 0.3) is 6.33 Å². The number of pyridine rings is 2. The Morgan fingerprint density at radius 3 is 2.69 bits per heavy atom. The number of benzene rings is 1. The monoisotopic (exact) mass is 336 g/mol. The fraction of sp³-hybridized carbons (Fsp3) is 0.143. The predicted octanol–water partition coefficient (Wildman–Crippen LogP) is -0.320. The van der Waals surface area contributed by atoms with Crippen molar-refractivity contribution in [2.45, 2.75) is 6.42 Å². The third-order valence-electron chi connectivity index (χ3n) is 5.97. The van der Waals surface area contributed by atoms with Crippen LogP contribution in [0.1, 0.15) is 11.1 Å². The van der Waals surface area contributed by atoms with E-state index in [1.54, 1.807) is 0 Å². The highest BCUT2D eigenvalue weighted by atomic mass is 15.0. The highest BCUT2D eigenvalue weighted by molar-refractivity contribution is 6.97. The molecule has 0 atom stereocenters. The Morgan fingerprint density at radius 1 is 0.885 bits per heavy atom. The first-order valence-corrected chi connectivity index (χ1v) is 8.95. The minimum absolute atomic E-state index is 0.211. The lowest BCUT2D eigenvalue weighted by Crippen LogP contribution is -2.74. The van der Waals surface area contributed by atoms with Crippen molar-refractivity contribution >= 4 is 34.1 Å². The molecule has 4 nitrogen and oxygen atoms in total. The van der Waals surface area contributed by atoms with E-state index in [4.69, 9.17) is 0 Å². The van der Waals surface area contributed by atoms with Crippen molar-refractivity contribution < 1.29 is 9.13 Å². The van der Waals surface area contributed by atoms with Crippen LogP contribution in [0, 0.1) is 0 Å². The molecule has 0 amide bonds. The van der Waals surface area contributed by atoms with E-state index in [1.807, 2.05) is 24.9 Å². The summed E-state index contributed by atoms with van der Waals surface area (Å²) in [6.45, 7) is 0.211. The fourth-order valence-corrected chi connectivity index (χ4v) is 4.94. The second-order valence-corrected chi connectivity index (χ2v) is 7.37. The van der Waals surface area contributed by atoms with Gasteiger partial charge in [0.1, 0.15) is 13.2 Å². The quantitative estimate of drug-likeness (QED) is 0.281. The van der Waals surface area contributed by atoms with Gasteiger partial charge in [-0.1, -0.05) is 23.2 Å². The van der Waals surface area contributed by atoms with Crippen LogP contribution in [0.3, 0.4) is 0 Å². The summed E-state index contributed by atoms with van der Waals surface area (Å²) in [7, 11) is 4.27. The van der Waals surface area contributed by atoms with Crippen molar-refractivity contribution in [1.29, 1.82) is 0 Å². The zero-order valence-electron chi connectivity index (χ0n) is 14.8. The van der Waals surface area contributed by atoms with E-state index in [-0.39, 0.29) is 6.71 Å². The summed E-state index contributed by atoms with van der Waals surface area (Å²) in [5, 5.41) is 2.63. The smallest absolute Gasteiger partial charge is 0.264 e. The van der Waals surface area contributed by atoms with Crippen LogP contribution in [0.4, 0.5) is 0 Å². The minimum Gasteiger partial charge on any atom is -0.264 e. The number of aromatic nitrogens is 4. The Kier molecular flexibility index (Phi) is 2.59. The van der Waals surface area contributed by atoms with Crippen LogP contribution in [0.5, 0.6) is 0 Å². The molecule has 2 aliphatic heterocycles. The second kappa shape index (κ2) is 4.76. The van der Waals surface area contributed by atoms with Gasteiger partial charge < -0.3 is 0 Å². The summed E-state index contributed by atoms with van der Waals surface area (Å²) in [6, 6.07) is 8.81. The Labute approximate surface area is 151 Å². The lowest BCUT2D eigenvalue weighted by atomic mass is 9.33. The van der Waals surface area contributed by atoms with E-state index < -0.39 is 0 Å². The molecule has 5 heterocycles. The molecule has 26 heavy (non-hydrogen) atoms. The standard InChI is InChI=1S/C21H17BN4/c1-25-7-6-13-4-3-5-16-17-11-23-9-14-8-15-10-24-12-26(2)20(15)22(19(14)17)21(25)18(13)16/h3-7,9-12H,8H2,1-2H3/q+2. The first-order valence-electron chi connectivity index (χ1n) is 8.95. The summed E-state index contributed by atoms with van der Waals surface area (Å²) in [5.41, 5.74) is 9.31. The van der Waals surface area contributed by atoms with Crippen molar-refractivity contribution in [2.75, 3.05) is 0 Å². The van der Waals surface area contributed by atoms with Crippen LogP contribution < -0.4 is 25.8 Å². The van der Waals surface area contributed by atoms with Gasteiger partial charge >= 0.3 is 6.71 Å². The van der Waals surface area contributed by atoms with E-state index in [2.05, 4.69) is 63.7 Å². The molecule has 0 fully saturated rings. The van der Waals surface area contributed by atoms with Gasteiger partial charge in [-0.25, -0.2) is 9.13 Å². The van der Waals surface area contributed by atoms with E-state index in [0.29, 0.717) is 0 Å². The van der Waals surface area contributed by atoms with E-state index in [0.717, 1.165) is 6.42 Å². The molecule has 3 aromatic heterocycles. The number of aryl methyl sites for hydroxylation is 2. The molecule has 5 heteroatoms. The average Bonchev–Trinajstić information content (AvgIpc) is 2.66. The maximum absolute atomic E-state index is 4.58. The summed E-state index contributed by atoms with van der Waals surface area (Å²) in [6.07, 6.45) is 11.1. The SMILES string of the molecule is C[n+]1cncc2c1B1c3c(cncc3-c3cccc4cc[n+](C)c1c34)C2. The molecule has 0 saturated heterocycles. The van der Waals surface area contributed by atoms with Crippen LogP contribution >= 0.6 is 0 Å². The zero-order valence-corrected chi connectivity index (χ0v) is 14.8. The van der Waals surface area contributed by atoms with Gasteiger partial charge in [0.2, 0.25) is 0 Å². The van der Waals surface area contributed by atoms with Crippen LogP contribution in [0.25, 0.3) is 21.9 Å². The van der Waals surface area contributed by atoms with Crippen molar-refractivity contribution in [3.05, 3.63) is 66.5 Å². The Balaban J connectivity index is 1.87. The van der Waals surface area contributed by atoms with Crippen LogP contribution in [-0.2, 0) is 20.5 Å². The third-order valence-corrected chi connectivity index (χ3v) is 5.97. The molecule has 122 valence electrons. The molecule has 0 unspecified atom stereocenters. The highest BCUT2D eigenvalue weighted by Gasteiger charge is 2.47. The molecule has 0 spiro atoms. The molecule has 0 aliphatic carbocycles. The van der Waals surface area contributed by atoms with Crippen LogP contribution in [-0.4, -0.2) is 16.7 Å². The summed E-state index contributed by atoms with van der Waals surface area (Å²) < 4.78 is 4.49. The van der Waals surface area contributed by atoms with Crippen molar-refractivity contribution in [3.63, 3.8) is 0 Å². The summed E-state index contributed by atoms with van der Waals surface area (Å²) in [5.74, 6) is 0. The summed E-state index contributed by atoms with van der Waals surface area (Å²) >= 11 is 0. The largest absolute Gasteiger partial charge is 0.376 e. The highest BCUT2D eigenvalue weighted by Crippen LogP contribution is 2.31. The summed E-state index contributed by atoms with van der Waals surface area (Å²) in [4.78, 5) is 9.01. The maximum Gasteiger partial charge on any atom is 0.376 e.